The van der Waals surface area contributed by atoms with Gasteiger partial charge in [0, 0.05) is 13.1 Å². The Morgan fingerprint density at radius 1 is 1.46 bits per heavy atom. The Hall–Kier alpha value is -0.800. The molecule has 1 heterocycles. The van der Waals surface area contributed by atoms with Crippen LogP contribution in [0.15, 0.2) is 12.1 Å². The van der Waals surface area contributed by atoms with Crippen LogP contribution >= 0.6 is 11.6 Å². The predicted molar refractivity (Wildman–Crippen MR) is 56.2 cm³/mol. The molecule has 1 rings (SSSR count). The Morgan fingerprint density at radius 3 is 2.85 bits per heavy atom. The fourth-order valence-electron chi connectivity index (χ4n) is 1.06. The third kappa shape index (κ3) is 2.86. The van der Waals surface area contributed by atoms with Gasteiger partial charge in [0.2, 0.25) is 0 Å². The summed E-state index contributed by atoms with van der Waals surface area (Å²) in [5.74, 6) is 0.872. The number of anilines is 1. The van der Waals surface area contributed by atoms with Crippen molar-refractivity contribution in [2.24, 2.45) is 0 Å². The molecular formula is C9H14ClN3. The van der Waals surface area contributed by atoms with Crippen LogP contribution in [0, 0.1) is 0 Å². The van der Waals surface area contributed by atoms with Crippen molar-refractivity contribution in [1.82, 2.24) is 10.3 Å². The third-order valence-electron chi connectivity index (χ3n) is 1.62. The SMILES string of the molecule is CCNc1ccc(Cl)c(CNC)n1. The van der Waals surface area contributed by atoms with Crippen molar-refractivity contribution < 1.29 is 0 Å². The molecule has 0 saturated heterocycles. The second-order valence-corrected chi connectivity index (χ2v) is 3.09. The third-order valence-corrected chi connectivity index (χ3v) is 1.96. The van der Waals surface area contributed by atoms with E-state index in [0.29, 0.717) is 11.6 Å². The Labute approximate surface area is 83.5 Å². The average molecular weight is 200 g/mol. The number of halogens is 1. The molecule has 0 spiro atoms. The normalized spacial score (nSPS) is 10.1. The number of nitrogens with one attached hydrogen (secondary N) is 2. The maximum atomic E-state index is 5.94. The Bertz CT molecular complexity index is 276. The summed E-state index contributed by atoms with van der Waals surface area (Å²) in [6.45, 7) is 3.60. The highest BCUT2D eigenvalue weighted by molar-refractivity contribution is 6.31. The molecule has 3 nitrogen and oxygen atoms in total. The van der Waals surface area contributed by atoms with E-state index in [1.165, 1.54) is 0 Å². The summed E-state index contributed by atoms with van der Waals surface area (Å²) in [6, 6.07) is 3.74. The molecule has 0 radical (unpaired) electrons. The van der Waals surface area contributed by atoms with Crippen molar-refractivity contribution in [3.05, 3.63) is 22.8 Å². The summed E-state index contributed by atoms with van der Waals surface area (Å²) in [5, 5.41) is 6.86. The van der Waals surface area contributed by atoms with Gasteiger partial charge in [0.15, 0.2) is 0 Å². The first kappa shape index (κ1) is 10.3. The van der Waals surface area contributed by atoms with Gasteiger partial charge in [0.25, 0.3) is 0 Å². The molecule has 2 N–H and O–H groups in total. The second kappa shape index (κ2) is 5.04. The Balaban J connectivity index is 2.83. The molecule has 1 aromatic rings. The van der Waals surface area contributed by atoms with Gasteiger partial charge < -0.3 is 10.6 Å². The van der Waals surface area contributed by atoms with Crippen LogP contribution in [0.5, 0.6) is 0 Å². The number of hydrogen-bond acceptors (Lipinski definition) is 3. The van der Waals surface area contributed by atoms with Crippen molar-refractivity contribution in [3.63, 3.8) is 0 Å². The molecule has 4 heteroatoms. The molecule has 0 aliphatic heterocycles. The maximum Gasteiger partial charge on any atom is 0.126 e. The molecule has 0 bridgehead atoms. The van der Waals surface area contributed by atoms with Crippen LogP contribution in [-0.2, 0) is 6.54 Å². The lowest BCUT2D eigenvalue weighted by Crippen LogP contribution is -2.09. The topological polar surface area (TPSA) is 37.0 Å². The van der Waals surface area contributed by atoms with E-state index < -0.39 is 0 Å². The van der Waals surface area contributed by atoms with Crippen LogP contribution in [0.2, 0.25) is 5.02 Å². The molecule has 0 amide bonds. The van der Waals surface area contributed by atoms with Crippen molar-refractivity contribution in [2.45, 2.75) is 13.5 Å². The fourth-order valence-corrected chi connectivity index (χ4v) is 1.23. The number of rotatable bonds is 4. The fraction of sp³-hybridized carbons (Fsp3) is 0.444. The van der Waals surface area contributed by atoms with Crippen LogP contribution in [0.3, 0.4) is 0 Å². The van der Waals surface area contributed by atoms with E-state index in [9.17, 15) is 0 Å². The largest absolute Gasteiger partial charge is 0.370 e. The van der Waals surface area contributed by atoms with Crippen LogP contribution in [0.1, 0.15) is 12.6 Å². The van der Waals surface area contributed by atoms with E-state index >= 15 is 0 Å². The first-order valence-electron chi connectivity index (χ1n) is 4.31. The first-order chi connectivity index (χ1) is 6.27. The van der Waals surface area contributed by atoms with Crippen molar-refractivity contribution in [1.29, 1.82) is 0 Å². The second-order valence-electron chi connectivity index (χ2n) is 2.69. The van der Waals surface area contributed by atoms with E-state index in [0.717, 1.165) is 18.1 Å². The van der Waals surface area contributed by atoms with Crippen LogP contribution in [0.25, 0.3) is 0 Å². The molecule has 13 heavy (non-hydrogen) atoms. The monoisotopic (exact) mass is 199 g/mol. The molecule has 72 valence electrons. The zero-order valence-electron chi connectivity index (χ0n) is 7.89. The highest BCUT2D eigenvalue weighted by atomic mass is 35.5. The molecule has 0 saturated carbocycles. The minimum atomic E-state index is 0.693. The number of nitrogens with zero attached hydrogens (tertiary/aromatic N) is 1. The Morgan fingerprint density at radius 2 is 2.23 bits per heavy atom. The quantitative estimate of drug-likeness (QED) is 0.778. The summed E-state index contributed by atoms with van der Waals surface area (Å²) in [4.78, 5) is 4.35. The summed E-state index contributed by atoms with van der Waals surface area (Å²) >= 11 is 5.94. The first-order valence-corrected chi connectivity index (χ1v) is 4.69. The van der Waals surface area contributed by atoms with Gasteiger partial charge in [-0.2, -0.15) is 0 Å². The van der Waals surface area contributed by atoms with E-state index in [-0.39, 0.29) is 0 Å². The summed E-state index contributed by atoms with van der Waals surface area (Å²) < 4.78 is 0. The molecule has 1 aromatic heterocycles. The zero-order chi connectivity index (χ0) is 9.68. The number of aromatic nitrogens is 1. The summed E-state index contributed by atoms with van der Waals surface area (Å²) in [6.07, 6.45) is 0. The lowest BCUT2D eigenvalue weighted by Gasteiger charge is -2.06. The summed E-state index contributed by atoms with van der Waals surface area (Å²) in [7, 11) is 1.87. The Kier molecular flexibility index (Phi) is 3.99. The van der Waals surface area contributed by atoms with E-state index in [1.54, 1.807) is 0 Å². The molecule has 0 aliphatic carbocycles. The maximum absolute atomic E-state index is 5.94. The molecule has 0 unspecified atom stereocenters. The smallest absolute Gasteiger partial charge is 0.126 e. The zero-order valence-corrected chi connectivity index (χ0v) is 8.65. The highest BCUT2D eigenvalue weighted by Gasteiger charge is 2.01. The molecule has 0 atom stereocenters. The minimum Gasteiger partial charge on any atom is -0.370 e. The van der Waals surface area contributed by atoms with Gasteiger partial charge >= 0.3 is 0 Å². The standard InChI is InChI=1S/C9H14ClN3/c1-3-12-9-5-4-7(10)8(13-9)6-11-2/h4-5,11H,3,6H2,1-2H3,(H,12,13). The van der Waals surface area contributed by atoms with Gasteiger partial charge in [-0.3, -0.25) is 0 Å². The van der Waals surface area contributed by atoms with Crippen LogP contribution < -0.4 is 10.6 Å². The van der Waals surface area contributed by atoms with Crippen molar-refractivity contribution >= 4 is 17.4 Å². The van der Waals surface area contributed by atoms with Crippen molar-refractivity contribution in [3.8, 4) is 0 Å². The number of hydrogen-bond donors (Lipinski definition) is 2. The molecular weight excluding hydrogens is 186 g/mol. The van der Waals surface area contributed by atoms with Gasteiger partial charge in [-0.05, 0) is 26.1 Å². The van der Waals surface area contributed by atoms with E-state index in [2.05, 4.69) is 15.6 Å². The van der Waals surface area contributed by atoms with Gasteiger partial charge in [-0.1, -0.05) is 11.6 Å². The van der Waals surface area contributed by atoms with Gasteiger partial charge in [0.05, 0.1) is 10.7 Å². The molecule has 0 fully saturated rings. The molecule has 0 aliphatic rings. The highest BCUT2D eigenvalue weighted by Crippen LogP contribution is 2.16. The van der Waals surface area contributed by atoms with Gasteiger partial charge in [0.1, 0.15) is 5.82 Å². The van der Waals surface area contributed by atoms with Gasteiger partial charge in [-0.15, -0.1) is 0 Å². The summed E-state index contributed by atoms with van der Waals surface area (Å²) in [5.41, 5.74) is 0.877. The average Bonchev–Trinajstić information content (AvgIpc) is 2.12. The van der Waals surface area contributed by atoms with E-state index in [4.69, 9.17) is 11.6 Å². The van der Waals surface area contributed by atoms with Crippen LogP contribution in [-0.4, -0.2) is 18.6 Å². The minimum absolute atomic E-state index is 0.693. The van der Waals surface area contributed by atoms with Crippen molar-refractivity contribution in [2.75, 3.05) is 18.9 Å². The number of pyridine rings is 1. The predicted octanol–water partition coefficient (Wildman–Crippen LogP) is 1.89. The molecule has 0 aromatic carbocycles. The lowest BCUT2D eigenvalue weighted by molar-refractivity contribution is 0.792. The van der Waals surface area contributed by atoms with Crippen LogP contribution in [0.4, 0.5) is 5.82 Å². The lowest BCUT2D eigenvalue weighted by atomic mass is 10.3. The van der Waals surface area contributed by atoms with E-state index in [1.807, 2.05) is 26.1 Å². The van der Waals surface area contributed by atoms with Gasteiger partial charge in [-0.25, -0.2) is 4.98 Å².